The Kier molecular flexibility index (Phi) is 10.4. The van der Waals surface area contributed by atoms with Gasteiger partial charge < -0.3 is 19.1 Å². The number of methoxy groups -OCH3 is 3. The molecule has 0 bridgehead atoms. The van der Waals surface area contributed by atoms with Gasteiger partial charge in [-0.1, -0.05) is 46.3 Å². The van der Waals surface area contributed by atoms with Gasteiger partial charge in [0.1, 0.15) is 18.8 Å². The van der Waals surface area contributed by atoms with Gasteiger partial charge in [0.15, 0.2) is 11.5 Å². The quantitative estimate of drug-likeness (QED) is 0.161. The number of aliphatic imine (C=N–C) groups is 1. The van der Waals surface area contributed by atoms with E-state index in [4.69, 9.17) is 14.2 Å². The van der Waals surface area contributed by atoms with Gasteiger partial charge in [-0.2, -0.15) is 5.10 Å². The normalized spacial score (nSPS) is 16.0. The van der Waals surface area contributed by atoms with E-state index in [9.17, 15) is 9.59 Å². The fraction of sp³-hybridized carbons (Fsp3) is 0.263. The topological polar surface area (TPSA) is 105 Å². The summed E-state index contributed by atoms with van der Waals surface area (Å²) in [7, 11) is 4.97. The van der Waals surface area contributed by atoms with Crippen LogP contribution in [0.4, 0.5) is 5.69 Å². The first-order valence-corrected chi connectivity index (χ1v) is 16.8. The molecule has 2 aliphatic rings. The van der Waals surface area contributed by atoms with Gasteiger partial charge in [0, 0.05) is 40.3 Å². The molecule has 0 aromatic heterocycles. The molecule has 4 aromatic rings. The van der Waals surface area contributed by atoms with Crippen molar-refractivity contribution in [3.8, 4) is 17.2 Å². The number of nitrogens with zero attached hydrogens (tertiary/aromatic N) is 4. The molecule has 10 nitrogen and oxygen atoms in total. The maximum atomic E-state index is 13.2. The number of benzodiazepines with no additional fused rings is 1. The van der Waals surface area contributed by atoms with Gasteiger partial charge in [0.05, 0.1) is 38.9 Å². The zero-order valence-corrected chi connectivity index (χ0v) is 29.5. The largest absolute Gasteiger partial charge is 0.496 e. The second kappa shape index (κ2) is 15.0. The van der Waals surface area contributed by atoms with Gasteiger partial charge in [-0.15, -0.1) is 0 Å². The first-order valence-electron chi connectivity index (χ1n) is 16.0. The Labute approximate surface area is 294 Å². The number of nitrogens with one attached hydrogen (secondary N) is 1. The summed E-state index contributed by atoms with van der Waals surface area (Å²) >= 11 is 3.54. The van der Waals surface area contributed by atoms with Gasteiger partial charge in [-0.25, -0.2) is 5.43 Å². The highest BCUT2D eigenvalue weighted by atomic mass is 79.9. The lowest BCUT2D eigenvalue weighted by atomic mass is 9.92. The lowest BCUT2D eigenvalue weighted by Gasteiger charge is -2.36. The molecule has 1 N–H and O–H groups in total. The number of anilines is 1. The van der Waals surface area contributed by atoms with Crippen LogP contribution in [-0.4, -0.2) is 69.6 Å². The SMILES string of the molecule is COc1ccc(C=NNC(=O)CN2C(=O)CN=C(c3ccccc3)c3cc(Br)ccc32)cc1CN1CCc2cc(OC)c(OC)cc2C1C. The van der Waals surface area contributed by atoms with Crippen LogP contribution in [0, 0.1) is 0 Å². The number of halogens is 1. The smallest absolute Gasteiger partial charge is 0.260 e. The van der Waals surface area contributed by atoms with Gasteiger partial charge in [-0.05, 0) is 78.6 Å². The van der Waals surface area contributed by atoms with E-state index in [1.165, 1.54) is 16.0 Å². The number of hydrogen-bond acceptors (Lipinski definition) is 8. The van der Waals surface area contributed by atoms with E-state index in [1.54, 1.807) is 27.5 Å². The van der Waals surface area contributed by atoms with E-state index in [1.807, 2.05) is 66.7 Å². The maximum absolute atomic E-state index is 13.2. The zero-order chi connectivity index (χ0) is 34.5. The predicted molar refractivity (Wildman–Crippen MR) is 194 cm³/mol. The third-order valence-corrected chi connectivity index (χ3v) is 9.41. The standard InChI is InChI=1S/C38H38BrN5O5/c1-24-30-19-35(49-4)34(48-3)17-27(30)14-15-43(24)22-28-16-25(10-13-33(28)47-2)20-41-42-36(45)23-44-32-12-11-29(39)18-31(32)38(40-21-37(44)46)26-8-6-5-7-9-26/h5-13,16-20,24H,14-15,21-23H2,1-4H3,(H,42,45). The molecule has 11 heteroatoms. The molecule has 4 aromatic carbocycles. The molecule has 0 radical (unpaired) electrons. The van der Waals surface area contributed by atoms with Crippen molar-refractivity contribution in [2.24, 2.45) is 10.1 Å². The molecule has 2 amide bonds. The Morgan fingerprint density at radius 1 is 0.980 bits per heavy atom. The van der Waals surface area contributed by atoms with Crippen molar-refractivity contribution in [2.75, 3.05) is 45.9 Å². The monoisotopic (exact) mass is 723 g/mol. The van der Waals surface area contributed by atoms with Crippen LogP contribution in [0.15, 0.2) is 93.4 Å². The Morgan fingerprint density at radius 3 is 2.49 bits per heavy atom. The van der Waals surface area contributed by atoms with Gasteiger partial charge in [0.25, 0.3) is 5.91 Å². The number of fused-ring (bicyclic) bond motifs is 2. The van der Waals surface area contributed by atoms with Crippen LogP contribution in [0.25, 0.3) is 0 Å². The molecule has 0 spiro atoms. The highest BCUT2D eigenvalue weighted by molar-refractivity contribution is 9.10. The van der Waals surface area contributed by atoms with Crippen molar-refractivity contribution >= 4 is 45.4 Å². The van der Waals surface area contributed by atoms with E-state index in [-0.39, 0.29) is 25.0 Å². The average Bonchev–Trinajstić information content (AvgIpc) is 3.24. The minimum Gasteiger partial charge on any atom is -0.496 e. The number of rotatable bonds is 10. The molecule has 1 atom stereocenters. The summed E-state index contributed by atoms with van der Waals surface area (Å²) in [5.74, 6) is 1.53. The molecule has 0 saturated carbocycles. The van der Waals surface area contributed by atoms with E-state index >= 15 is 0 Å². The zero-order valence-electron chi connectivity index (χ0n) is 27.9. The molecule has 49 heavy (non-hydrogen) atoms. The number of hydrogen-bond donors (Lipinski definition) is 1. The van der Waals surface area contributed by atoms with Crippen molar-refractivity contribution in [3.63, 3.8) is 0 Å². The number of ether oxygens (including phenoxy) is 3. The van der Waals surface area contributed by atoms with Gasteiger partial charge in [-0.3, -0.25) is 19.5 Å². The molecule has 0 fully saturated rings. The third kappa shape index (κ3) is 7.38. The highest BCUT2D eigenvalue weighted by Gasteiger charge is 2.28. The molecule has 0 aliphatic carbocycles. The minimum absolute atomic E-state index is 0.0787. The average molecular weight is 725 g/mol. The second-order valence-electron chi connectivity index (χ2n) is 11.8. The lowest BCUT2D eigenvalue weighted by molar-refractivity contribution is -0.123. The summed E-state index contributed by atoms with van der Waals surface area (Å²) in [5.41, 5.74) is 9.83. The van der Waals surface area contributed by atoms with Crippen molar-refractivity contribution in [2.45, 2.75) is 25.9 Å². The van der Waals surface area contributed by atoms with Crippen molar-refractivity contribution in [1.29, 1.82) is 0 Å². The molecule has 1 unspecified atom stereocenters. The third-order valence-electron chi connectivity index (χ3n) is 8.92. The van der Waals surface area contributed by atoms with E-state index in [0.717, 1.165) is 56.9 Å². The first kappa shape index (κ1) is 33.9. The highest BCUT2D eigenvalue weighted by Crippen LogP contribution is 2.39. The fourth-order valence-corrected chi connectivity index (χ4v) is 6.75. The van der Waals surface area contributed by atoms with Crippen LogP contribution < -0.4 is 24.5 Å². The molecule has 6 rings (SSSR count). The number of hydrazone groups is 1. The Bertz CT molecular complexity index is 1930. The number of amides is 2. The summed E-state index contributed by atoms with van der Waals surface area (Å²) in [4.78, 5) is 34.9. The van der Waals surface area contributed by atoms with Crippen LogP contribution in [0.1, 0.15) is 46.3 Å². The van der Waals surface area contributed by atoms with Crippen LogP contribution >= 0.6 is 15.9 Å². The Hall–Kier alpha value is -5.00. The van der Waals surface area contributed by atoms with Crippen molar-refractivity contribution in [1.82, 2.24) is 10.3 Å². The van der Waals surface area contributed by atoms with Gasteiger partial charge in [0.2, 0.25) is 5.91 Å². The van der Waals surface area contributed by atoms with Crippen molar-refractivity contribution < 1.29 is 23.8 Å². The summed E-state index contributed by atoms with van der Waals surface area (Å²) in [6, 6.07) is 25.4. The molecule has 0 saturated heterocycles. The molecule has 2 heterocycles. The molecular formula is C38H38BrN5O5. The van der Waals surface area contributed by atoms with Crippen LogP contribution in [0.5, 0.6) is 17.2 Å². The predicted octanol–water partition coefficient (Wildman–Crippen LogP) is 5.93. The fourth-order valence-electron chi connectivity index (χ4n) is 6.39. The minimum atomic E-state index is -0.428. The molecular weight excluding hydrogens is 686 g/mol. The number of carbonyl (C=O) groups excluding carboxylic acids is 2. The summed E-state index contributed by atoms with van der Waals surface area (Å²) < 4.78 is 17.6. The van der Waals surface area contributed by atoms with Crippen LogP contribution in [0.2, 0.25) is 0 Å². The second-order valence-corrected chi connectivity index (χ2v) is 12.8. The summed E-state index contributed by atoms with van der Waals surface area (Å²) in [5, 5.41) is 4.23. The van der Waals surface area contributed by atoms with E-state index in [2.05, 4.69) is 55.4 Å². The first-order chi connectivity index (χ1) is 23.8. The summed E-state index contributed by atoms with van der Waals surface area (Å²) in [6.45, 7) is 3.43. The number of benzene rings is 4. The number of carbonyl (C=O) groups is 2. The van der Waals surface area contributed by atoms with Gasteiger partial charge >= 0.3 is 0 Å². The van der Waals surface area contributed by atoms with Crippen LogP contribution in [-0.2, 0) is 22.6 Å². The molecule has 2 aliphatic heterocycles. The lowest BCUT2D eigenvalue weighted by Crippen LogP contribution is -2.40. The van der Waals surface area contributed by atoms with Crippen LogP contribution in [0.3, 0.4) is 0 Å². The Balaban J connectivity index is 1.15. The summed E-state index contributed by atoms with van der Waals surface area (Å²) in [6.07, 6.45) is 2.48. The van der Waals surface area contributed by atoms with E-state index < -0.39 is 5.91 Å². The maximum Gasteiger partial charge on any atom is 0.260 e. The molecule has 252 valence electrons. The Morgan fingerprint density at radius 2 is 1.73 bits per heavy atom. The van der Waals surface area contributed by atoms with E-state index in [0.29, 0.717) is 17.9 Å². The van der Waals surface area contributed by atoms with Crippen molar-refractivity contribution in [3.05, 3.63) is 117 Å².